The summed E-state index contributed by atoms with van der Waals surface area (Å²) < 4.78 is 9.54. The average Bonchev–Trinajstić information content (AvgIpc) is 4.00. The molecule has 3 heteroatoms. The van der Waals surface area contributed by atoms with Gasteiger partial charge >= 0.3 is 0 Å². The second kappa shape index (κ2) is 14.2. The average molecular weight is 836 g/mol. The number of thiophene rings is 1. The van der Waals surface area contributed by atoms with Gasteiger partial charge in [0.05, 0.1) is 11.1 Å². The molecule has 13 rings (SSSR count). The molecule has 0 saturated heterocycles. The topological polar surface area (TPSA) is 16.4 Å². The molecule has 2 nitrogen and oxygen atoms in total. The summed E-state index contributed by atoms with van der Waals surface area (Å²) in [5.41, 5.74) is 17.6. The third kappa shape index (κ3) is 5.57. The Balaban J connectivity index is 0.993. The fraction of sp³-hybridized carbons (Fsp3) is 0.0492. The molecule has 2 aromatic heterocycles. The van der Waals surface area contributed by atoms with Gasteiger partial charge in [0.2, 0.25) is 0 Å². The lowest BCUT2D eigenvalue weighted by molar-refractivity contribution is 0.660. The van der Waals surface area contributed by atoms with E-state index in [0.717, 1.165) is 44.4 Å². The van der Waals surface area contributed by atoms with Crippen molar-refractivity contribution < 1.29 is 4.42 Å². The number of fused-ring (bicyclic) bond motifs is 11. The molecule has 12 aromatic rings. The van der Waals surface area contributed by atoms with Crippen molar-refractivity contribution in [3.8, 4) is 44.5 Å². The Morgan fingerprint density at radius 3 is 1.88 bits per heavy atom. The van der Waals surface area contributed by atoms with Gasteiger partial charge in [-0.15, -0.1) is 11.3 Å². The Kier molecular flexibility index (Phi) is 8.16. The molecule has 64 heavy (non-hydrogen) atoms. The minimum absolute atomic E-state index is 0.129. The molecule has 0 unspecified atom stereocenters. The van der Waals surface area contributed by atoms with E-state index >= 15 is 0 Å². The van der Waals surface area contributed by atoms with Gasteiger partial charge in [0, 0.05) is 53.3 Å². The standard InChI is InChI=1S/C61H41NOS/c1-61(2)53-24-12-11-20-45(53)46-34-32-43(36-54(46)61)62(42-17-7-4-8-18-42)55-25-14-26-56-58(55)52-37-51(44-19-9-10-21-48(44)59(52)63-56)50-23-13-22-49-47-33-31-41(35-57(47)64-60(49)50)40-29-27-39(28-30-40)38-15-5-3-6-16-38/h3-37H,1-2H3. The summed E-state index contributed by atoms with van der Waals surface area (Å²) >= 11 is 1.89. The van der Waals surface area contributed by atoms with Gasteiger partial charge in [-0.3, -0.25) is 0 Å². The van der Waals surface area contributed by atoms with Crippen LogP contribution in [0.3, 0.4) is 0 Å². The van der Waals surface area contributed by atoms with Gasteiger partial charge in [-0.05, 0) is 104 Å². The van der Waals surface area contributed by atoms with Gasteiger partial charge < -0.3 is 9.32 Å². The maximum absolute atomic E-state index is 6.97. The molecule has 0 spiro atoms. The smallest absolute Gasteiger partial charge is 0.143 e. The second-order valence-electron chi connectivity index (χ2n) is 17.6. The van der Waals surface area contributed by atoms with E-state index in [-0.39, 0.29) is 5.41 Å². The van der Waals surface area contributed by atoms with Crippen molar-refractivity contribution in [2.45, 2.75) is 19.3 Å². The van der Waals surface area contributed by atoms with Crippen molar-refractivity contribution in [1.82, 2.24) is 0 Å². The van der Waals surface area contributed by atoms with Crippen LogP contribution in [0.1, 0.15) is 25.0 Å². The first kappa shape index (κ1) is 36.9. The molecule has 0 atom stereocenters. The van der Waals surface area contributed by atoms with E-state index in [1.165, 1.54) is 81.2 Å². The Labute approximate surface area is 375 Å². The van der Waals surface area contributed by atoms with Gasteiger partial charge in [-0.2, -0.15) is 0 Å². The summed E-state index contributed by atoms with van der Waals surface area (Å²) in [5.74, 6) is 0. The largest absolute Gasteiger partial charge is 0.455 e. The normalized spacial score (nSPS) is 13.0. The van der Waals surface area contributed by atoms with E-state index in [9.17, 15) is 0 Å². The van der Waals surface area contributed by atoms with E-state index in [1.54, 1.807) is 0 Å². The van der Waals surface area contributed by atoms with E-state index < -0.39 is 0 Å². The number of hydrogen-bond acceptors (Lipinski definition) is 3. The molecule has 1 aliphatic rings. The van der Waals surface area contributed by atoms with Crippen LogP contribution in [0.25, 0.3) is 97.4 Å². The van der Waals surface area contributed by atoms with Crippen LogP contribution in [0.4, 0.5) is 17.1 Å². The number of nitrogens with zero attached hydrogens (tertiary/aromatic N) is 1. The number of anilines is 3. The highest BCUT2D eigenvalue weighted by Crippen LogP contribution is 2.52. The highest BCUT2D eigenvalue weighted by atomic mass is 32.1. The maximum atomic E-state index is 6.97. The zero-order valence-corrected chi connectivity index (χ0v) is 36.3. The number of benzene rings is 10. The minimum Gasteiger partial charge on any atom is -0.455 e. The molecule has 0 radical (unpaired) electrons. The van der Waals surface area contributed by atoms with Crippen molar-refractivity contribution >= 4 is 81.3 Å². The van der Waals surface area contributed by atoms with E-state index in [2.05, 4.69) is 231 Å². The summed E-state index contributed by atoms with van der Waals surface area (Å²) in [6, 6.07) is 77.7. The summed E-state index contributed by atoms with van der Waals surface area (Å²) in [7, 11) is 0. The fourth-order valence-corrected chi connectivity index (χ4v) is 11.8. The molecule has 302 valence electrons. The molecule has 0 saturated carbocycles. The first-order valence-electron chi connectivity index (χ1n) is 22.1. The first-order chi connectivity index (χ1) is 31.5. The van der Waals surface area contributed by atoms with Crippen LogP contribution in [0.15, 0.2) is 217 Å². The number of rotatable bonds is 6. The lowest BCUT2D eigenvalue weighted by Gasteiger charge is -2.28. The van der Waals surface area contributed by atoms with Gasteiger partial charge in [-0.25, -0.2) is 0 Å². The molecule has 1 aliphatic carbocycles. The van der Waals surface area contributed by atoms with Gasteiger partial charge in [0.15, 0.2) is 0 Å². The highest BCUT2D eigenvalue weighted by Gasteiger charge is 2.36. The van der Waals surface area contributed by atoms with Crippen LogP contribution in [0.2, 0.25) is 0 Å². The highest BCUT2D eigenvalue weighted by molar-refractivity contribution is 7.26. The van der Waals surface area contributed by atoms with E-state index in [4.69, 9.17) is 4.42 Å². The number of furan rings is 1. The molecule has 0 bridgehead atoms. The predicted molar refractivity (Wildman–Crippen MR) is 273 cm³/mol. The molecule has 0 N–H and O–H groups in total. The predicted octanol–water partition coefficient (Wildman–Crippen LogP) is 17.9. The molecular formula is C61H41NOS. The summed E-state index contributed by atoms with van der Waals surface area (Å²) in [6.45, 7) is 4.71. The molecule has 10 aromatic carbocycles. The second-order valence-corrected chi connectivity index (χ2v) is 18.7. The molecule has 0 aliphatic heterocycles. The fourth-order valence-electron chi connectivity index (χ4n) is 10.6. The van der Waals surface area contributed by atoms with Crippen LogP contribution in [0, 0.1) is 0 Å². The lowest BCUT2D eigenvalue weighted by atomic mass is 9.82. The van der Waals surface area contributed by atoms with Gasteiger partial charge in [0.1, 0.15) is 11.2 Å². The monoisotopic (exact) mass is 835 g/mol. The van der Waals surface area contributed by atoms with Crippen LogP contribution >= 0.6 is 11.3 Å². The van der Waals surface area contributed by atoms with Crippen molar-refractivity contribution in [3.05, 3.63) is 223 Å². The molecule has 0 amide bonds. The maximum Gasteiger partial charge on any atom is 0.143 e. The lowest BCUT2D eigenvalue weighted by Crippen LogP contribution is -2.16. The number of para-hydroxylation sites is 1. The van der Waals surface area contributed by atoms with Crippen LogP contribution in [-0.4, -0.2) is 0 Å². The van der Waals surface area contributed by atoms with E-state index in [1.807, 2.05) is 11.3 Å². The Morgan fingerprint density at radius 1 is 0.406 bits per heavy atom. The van der Waals surface area contributed by atoms with Crippen molar-refractivity contribution in [2.75, 3.05) is 4.90 Å². The van der Waals surface area contributed by atoms with Crippen molar-refractivity contribution in [1.29, 1.82) is 0 Å². The summed E-state index contributed by atoms with van der Waals surface area (Å²) in [5, 5.41) is 7.06. The number of hydrogen-bond donors (Lipinski definition) is 0. The van der Waals surface area contributed by atoms with Crippen molar-refractivity contribution in [3.63, 3.8) is 0 Å². The third-order valence-electron chi connectivity index (χ3n) is 13.7. The van der Waals surface area contributed by atoms with E-state index in [0.29, 0.717) is 0 Å². The molecular weight excluding hydrogens is 795 g/mol. The molecule has 2 heterocycles. The zero-order valence-electron chi connectivity index (χ0n) is 35.5. The van der Waals surface area contributed by atoms with Crippen LogP contribution in [-0.2, 0) is 5.41 Å². The Bertz CT molecular complexity index is 3800. The first-order valence-corrected chi connectivity index (χ1v) is 22.9. The van der Waals surface area contributed by atoms with Gasteiger partial charge in [0.25, 0.3) is 0 Å². The SMILES string of the molecule is CC1(C)c2ccccc2-c2ccc(N(c3ccccc3)c3cccc4oc5c6ccccc6c(-c6cccc7c6sc6cc(-c8ccc(-c9ccccc9)cc8)ccc67)cc5c34)cc21. The third-order valence-corrected chi connectivity index (χ3v) is 14.9. The van der Waals surface area contributed by atoms with Crippen LogP contribution < -0.4 is 4.90 Å². The minimum atomic E-state index is -0.129. The summed E-state index contributed by atoms with van der Waals surface area (Å²) in [4.78, 5) is 2.42. The summed E-state index contributed by atoms with van der Waals surface area (Å²) in [6.07, 6.45) is 0. The molecule has 0 fully saturated rings. The Morgan fingerprint density at radius 2 is 1.05 bits per heavy atom. The van der Waals surface area contributed by atoms with Gasteiger partial charge in [-0.1, -0.05) is 178 Å². The van der Waals surface area contributed by atoms with Crippen LogP contribution in [0.5, 0.6) is 0 Å². The zero-order chi connectivity index (χ0) is 42.5. The quantitative estimate of drug-likeness (QED) is 0.166. The van der Waals surface area contributed by atoms with Crippen molar-refractivity contribution in [2.24, 2.45) is 0 Å². The Hall–Kier alpha value is -7.72.